The van der Waals surface area contributed by atoms with Crippen LogP contribution in [0.15, 0.2) is 36.8 Å². The van der Waals surface area contributed by atoms with Crippen LogP contribution in [0.25, 0.3) is 5.65 Å². The van der Waals surface area contributed by atoms with Crippen molar-refractivity contribution >= 4 is 17.5 Å². The predicted molar refractivity (Wildman–Crippen MR) is 138 cm³/mol. The van der Waals surface area contributed by atoms with E-state index in [1.807, 2.05) is 0 Å². The Morgan fingerprint density at radius 2 is 1.66 bits per heavy atom. The Kier molecular flexibility index (Phi) is 8.55. The second kappa shape index (κ2) is 11.9. The van der Waals surface area contributed by atoms with Gasteiger partial charge in [-0.2, -0.15) is 31.4 Å². The smallest absolute Gasteiger partial charge is 0.349 e. The maximum atomic E-state index is 14.0. The van der Waals surface area contributed by atoms with Crippen molar-refractivity contribution in [1.82, 2.24) is 30.2 Å². The SMILES string of the molecule is O=C(CCC(F)(F)F)NC(c1cnn2cc([C@@H](NC(=O)c3ccnc(C(F)(F)F)c3)C3CCC(F)(F)CC3)nc2c1)C1CC1. The lowest BCUT2D eigenvalue weighted by Crippen LogP contribution is -2.37. The number of hydrogen-bond acceptors (Lipinski definition) is 5. The third-order valence-corrected chi connectivity index (χ3v) is 7.92. The van der Waals surface area contributed by atoms with Crippen molar-refractivity contribution in [2.75, 3.05) is 0 Å². The molecule has 3 heterocycles. The van der Waals surface area contributed by atoms with E-state index in [0.717, 1.165) is 25.1 Å². The number of halogens is 8. The van der Waals surface area contributed by atoms with Crippen LogP contribution in [0.3, 0.4) is 0 Å². The van der Waals surface area contributed by atoms with Gasteiger partial charge < -0.3 is 10.6 Å². The van der Waals surface area contributed by atoms with Crippen molar-refractivity contribution in [3.05, 3.63) is 59.3 Å². The Hall–Kier alpha value is -3.85. The van der Waals surface area contributed by atoms with Crippen molar-refractivity contribution in [2.24, 2.45) is 11.8 Å². The minimum Gasteiger partial charge on any atom is -0.349 e. The molecule has 1 unspecified atom stereocenters. The maximum absolute atomic E-state index is 14.0. The average molecular weight is 633 g/mol. The van der Waals surface area contributed by atoms with E-state index in [0.29, 0.717) is 11.6 Å². The second-order valence-electron chi connectivity index (χ2n) is 11.3. The van der Waals surface area contributed by atoms with E-state index in [9.17, 15) is 44.7 Å². The zero-order valence-electron chi connectivity index (χ0n) is 23.1. The third kappa shape index (κ3) is 7.80. The highest BCUT2D eigenvalue weighted by Crippen LogP contribution is 2.43. The summed E-state index contributed by atoms with van der Waals surface area (Å²) in [5.41, 5.74) is -0.584. The standard InChI is InChI=1S/C28H28F8N6O2/c29-26(30)7-3-16(4-8-26)24(41-25(44)17-6-10-37-20(11-17)28(34,35)36)19-14-42-21(39-19)12-18(13-38-42)23(15-1-2-15)40-22(43)5-9-27(31,32)33/h6,10-16,23-24H,1-5,7-9H2,(H,40,43)(H,41,44)/t23?,24-/m0/s1. The Labute approximate surface area is 245 Å². The average Bonchev–Trinajstić information content (AvgIpc) is 3.70. The van der Waals surface area contributed by atoms with Crippen molar-refractivity contribution in [2.45, 2.75) is 81.7 Å². The first kappa shape index (κ1) is 31.6. The fourth-order valence-electron chi connectivity index (χ4n) is 5.41. The molecule has 16 heteroatoms. The number of hydrogen-bond donors (Lipinski definition) is 2. The topological polar surface area (TPSA) is 101 Å². The summed E-state index contributed by atoms with van der Waals surface area (Å²) in [7, 11) is 0. The van der Waals surface area contributed by atoms with Crippen LogP contribution in [0.4, 0.5) is 35.1 Å². The Bertz CT molecular complexity index is 1510. The fourth-order valence-corrected chi connectivity index (χ4v) is 5.41. The molecule has 2 fully saturated rings. The number of nitrogens with one attached hydrogen (secondary N) is 2. The minimum absolute atomic E-state index is 0.00131. The molecule has 8 nitrogen and oxygen atoms in total. The summed E-state index contributed by atoms with van der Waals surface area (Å²) in [6, 6.07) is 1.75. The minimum atomic E-state index is -4.79. The molecule has 3 aromatic heterocycles. The first-order valence-electron chi connectivity index (χ1n) is 14.0. The van der Waals surface area contributed by atoms with E-state index in [2.05, 4.69) is 25.7 Å². The molecule has 2 aliphatic carbocycles. The second-order valence-corrected chi connectivity index (χ2v) is 11.3. The first-order valence-corrected chi connectivity index (χ1v) is 14.0. The van der Waals surface area contributed by atoms with Crippen LogP contribution in [-0.4, -0.2) is 43.5 Å². The number of pyridine rings is 1. The van der Waals surface area contributed by atoms with E-state index in [-0.39, 0.29) is 35.7 Å². The molecule has 2 N–H and O–H groups in total. The van der Waals surface area contributed by atoms with Gasteiger partial charge in [-0.05, 0) is 61.3 Å². The van der Waals surface area contributed by atoms with Crippen molar-refractivity contribution < 1.29 is 44.7 Å². The number of rotatable bonds is 9. The number of amides is 2. The fraction of sp³-hybridized carbons (Fsp3) is 0.536. The lowest BCUT2D eigenvalue weighted by atomic mass is 9.81. The summed E-state index contributed by atoms with van der Waals surface area (Å²) in [6.45, 7) is 0. The van der Waals surface area contributed by atoms with Gasteiger partial charge in [-0.3, -0.25) is 14.6 Å². The number of alkyl halides is 8. The number of nitrogens with zero attached hydrogens (tertiary/aromatic N) is 4. The lowest BCUT2D eigenvalue weighted by molar-refractivity contribution is -0.144. The molecular formula is C28H28F8N6O2. The van der Waals surface area contributed by atoms with Crippen LogP contribution in [0.1, 0.15) is 90.8 Å². The molecule has 5 rings (SSSR count). The molecule has 0 spiro atoms. The van der Waals surface area contributed by atoms with Gasteiger partial charge in [0.1, 0.15) is 5.69 Å². The highest BCUT2D eigenvalue weighted by molar-refractivity contribution is 5.94. The molecule has 0 radical (unpaired) electrons. The van der Waals surface area contributed by atoms with Gasteiger partial charge in [0.15, 0.2) is 5.65 Å². The molecule has 44 heavy (non-hydrogen) atoms. The number of aromatic nitrogens is 4. The van der Waals surface area contributed by atoms with E-state index in [1.165, 1.54) is 16.9 Å². The van der Waals surface area contributed by atoms with Gasteiger partial charge in [0, 0.05) is 31.0 Å². The van der Waals surface area contributed by atoms with Crippen LogP contribution in [0, 0.1) is 11.8 Å². The third-order valence-electron chi connectivity index (χ3n) is 7.92. The quantitative estimate of drug-likeness (QED) is 0.268. The number of carbonyl (C=O) groups is 2. The van der Waals surface area contributed by atoms with E-state index in [1.54, 1.807) is 6.07 Å². The van der Waals surface area contributed by atoms with Gasteiger partial charge in [0.2, 0.25) is 11.8 Å². The zero-order valence-corrected chi connectivity index (χ0v) is 23.1. The van der Waals surface area contributed by atoms with Crippen LogP contribution in [-0.2, 0) is 11.0 Å². The van der Waals surface area contributed by atoms with E-state index in [4.69, 9.17) is 0 Å². The Morgan fingerprint density at radius 1 is 0.977 bits per heavy atom. The molecule has 2 atom stereocenters. The Morgan fingerprint density at radius 3 is 2.30 bits per heavy atom. The van der Waals surface area contributed by atoms with Crippen molar-refractivity contribution in [3.8, 4) is 0 Å². The van der Waals surface area contributed by atoms with Crippen LogP contribution >= 0.6 is 0 Å². The highest BCUT2D eigenvalue weighted by Gasteiger charge is 2.40. The molecular weight excluding hydrogens is 604 g/mol. The van der Waals surface area contributed by atoms with Gasteiger partial charge in [0.25, 0.3) is 5.91 Å². The lowest BCUT2D eigenvalue weighted by Gasteiger charge is -2.33. The summed E-state index contributed by atoms with van der Waals surface area (Å²) >= 11 is 0. The predicted octanol–water partition coefficient (Wildman–Crippen LogP) is 6.35. The molecule has 238 valence electrons. The molecule has 0 bridgehead atoms. The van der Waals surface area contributed by atoms with Gasteiger partial charge in [0.05, 0.1) is 36.6 Å². The first-order chi connectivity index (χ1) is 20.6. The van der Waals surface area contributed by atoms with Crippen molar-refractivity contribution in [1.29, 1.82) is 0 Å². The summed E-state index contributed by atoms with van der Waals surface area (Å²) < 4.78 is 107. The van der Waals surface area contributed by atoms with Gasteiger partial charge in [-0.1, -0.05) is 0 Å². The molecule has 0 aliphatic heterocycles. The van der Waals surface area contributed by atoms with Crippen molar-refractivity contribution in [3.63, 3.8) is 0 Å². The van der Waals surface area contributed by atoms with Crippen LogP contribution < -0.4 is 10.6 Å². The normalized spacial score (nSPS) is 19.0. The molecule has 2 amide bonds. The summed E-state index contributed by atoms with van der Waals surface area (Å²) in [6.07, 6.45) is -6.82. The number of fused-ring (bicyclic) bond motifs is 1. The van der Waals surface area contributed by atoms with E-state index >= 15 is 0 Å². The molecule has 2 saturated carbocycles. The summed E-state index contributed by atoms with van der Waals surface area (Å²) in [5.74, 6) is -5.03. The summed E-state index contributed by atoms with van der Waals surface area (Å²) in [4.78, 5) is 33.2. The van der Waals surface area contributed by atoms with Gasteiger partial charge in [-0.25, -0.2) is 18.3 Å². The number of carbonyl (C=O) groups excluding carboxylic acids is 2. The monoisotopic (exact) mass is 632 g/mol. The van der Waals surface area contributed by atoms with Gasteiger partial charge >= 0.3 is 12.4 Å². The molecule has 0 aromatic carbocycles. The van der Waals surface area contributed by atoms with E-state index < -0.39 is 79.5 Å². The summed E-state index contributed by atoms with van der Waals surface area (Å²) in [5, 5.41) is 9.63. The van der Waals surface area contributed by atoms with Crippen LogP contribution in [0.5, 0.6) is 0 Å². The largest absolute Gasteiger partial charge is 0.433 e. The Balaban J connectivity index is 1.41. The molecule has 3 aromatic rings. The molecule has 2 aliphatic rings. The van der Waals surface area contributed by atoms with Crippen LogP contribution in [0.2, 0.25) is 0 Å². The zero-order chi connectivity index (χ0) is 31.9. The maximum Gasteiger partial charge on any atom is 0.433 e. The number of imidazole rings is 1. The molecule has 0 saturated heterocycles. The van der Waals surface area contributed by atoms with Gasteiger partial charge in [-0.15, -0.1) is 0 Å². The highest BCUT2D eigenvalue weighted by atomic mass is 19.4.